The predicted octanol–water partition coefficient (Wildman–Crippen LogP) is 4.83. The molecule has 2 rings (SSSR count). The van der Waals surface area contributed by atoms with E-state index in [1.807, 2.05) is 0 Å². The highest BCUT2D eigenvalue weighted by molar-refractivity contribution is 5.97. The zero-order valence-electron chi connectivity index (χ0n) is 12.1. The van der Waals surface area contributed by atoms with Gasteiger partial charge in [0.2, 0.25) is 0 Å². The average Bonchev–Trinajstić information content (AvgIpc) is 2.33. The monoisotopic (exact) mass is 246 g/mol. The molecule has 0 radical (unpaired) electrons. The Morgan fingerprint density at radius 2 is 2.17 bits per heavy atom. The lowest BCUT2D eigenvalue weighted by Crippen LogP contribution is -2.34. The number of fused-ring (bicyclic) bond motifs is 1. The average molecular weight is 246 g/mol. The third kappa shape index (κ3) is 2.32. The molecule has 1 unspecified atom stereocenters. The first-order valence-electron chi connectivity index (χ1n) is 7.39. The Morgan fingerprint density at radius 3 is 2.78 bits per heavy atom. The molecule has 1 saturated carbocycles. The largest absolute Gasteiger partial charge is 0.295 e. The summed E-state index contributed by atoms with van der Waals surface area (Å²) in [6.07, 6.45) is 7.48. The Bertz CT molecular complexity index is 402. The van der Waals surface area contributed by atoms with Crippen LogP contribution in [0.3, 0.4) is 0 Å². The van der Waals surface area contributed by atoms with Crippen molar-refractivity contribution >= 4 is 5.78 Å². The van der Waals surface area contributed by atoms with Crippen LogP contribution in [-0.4, -0.2) is 5.78 Å². The van der Waals surface area contributed by atoms with Gasteiger partial charge in [0, 0.05) is 6.42 Å². The first kappa shape index (κ1) is 13.6. The first-order chi connectivity index (χ1) is 8.48. The maximum atomic E-state index is 12.2. The van der Waals surface area contributed by atoms with Crippen LogP contribution in [0, 0.1) is 11.3 Å². The molecule has 1 heteroatoms. The number of Topliss-reactive ketones (excluding diaryl/α,β-unsaturated/α-hetero) is 1. The van der Waals surface area contributed by atoms with Crippen LogP contribution in [0.2, 0.25) is 0 Å². The summed E-state index contributed by atoms with van der Waals surface area (Å²) in [7, 11) is 0. The fourth-order valence-corrected chi connectivity index (χ4v) is 3.67. The van der Waals surface area contributed by atoms with E-state index in [9.17, 15) is 4.79 Å². The van der Waals surface area contributed by atoms with Crippen LogP contribution in [0.4, 0.5) is 0 Å². The van der Waals surface area contributed by atoms with E-state index < -0.39 is 0 Å². The van der Waals surface area contributed by atoms with Gasteiger partial charge in [-0.05, 0) is 55.9 Å². The second-order valence-corrected chi connectivity index (χ2v) is 6.48. The van der Waals surface area contributed by atoms with Gasteiger partial charge in [-0.1, -0.05) is 38.0 Å². The lowest BCUT2D eigenvalue weighted by molar-refractivity contribution is -0.117. The van der Waals surface area contributed by atoms with Crippen LogP contribution in [0.25, 0.3) is 0 Å². The molecule has 0 bridgehead atoms. The van der Waals surface area contributed by atoms with Crippen molar-refractivity contribution in [2.75, 3.05) is 0 Å². The molecule has 0 heterocycles. The van der Waals surface area contributed by atoms with Gasteiger partial charge in [0.15, 0.2) is 5.78 Å². The Morgan fingerprint density at radius 1 is 1.44 bits per heavy atom. The highest BCUT2D eigenvalue weighted by Crippen LogP contribution is 2.51. The molecule has 0 spiro atoms. The Balaban J connectivity index is 2.37. The molecule has 1 nitrogen and oxygen atoms in total. The van der Waals surface area contributed by atoms with Crippen LogP contribution < -0.4 is 0 Å². The van der Waals surface area contributed by atoms with Crippen LogP contribution in [-0.2, 0) is 4.79 Å². The first-order valence-corrected chi connectivity index (χ1v) is 7.39. The van der Waals surface area contributed by atoms with Gasteiger partial charge in [0.1, 0.15) is 0 Å². The zero-order chi connectivity index (χ0) is 13.3. The zero-order valence-corrected chi connectivity index (χ0v) is 12.1. The lowest BCUT2D eigenvalue weighted by Gasteiger charge is -2.44. The minimum Gasteiger partial charge on any atom is -0.295 e. The molecule has 2 aliphatic rings. The second-order valence-electron chi connectivity index (χ2n) is 6.48. The van der Waals surface area contributed by atoms with E-state index in [1.165, 1.54) is 29.6 Å². The summed E-state index contributed by atoms with van der Waals surface area (Å²) in [5.41, 5.74) is 4.26. The highest BCUT2D eigenvalue weighted by atomic mass is 16.1. The van der Waals surface area contributed by atoms with Crippen LogP contribution in [0.5, 0.6) is 0 Å². The molecular weight excluding hydrogens is 220 g/mol. The number of carbonyl (C=O) groups is 1. The number of rotatable bonds is 3. The normalized spacial score (nSPS) is 32.4. The third-order valence-corrected chi connectivity index (χ3v) is 5.03. The molecule has 0 aliphatic heterocycles. The Labute approximate surface area is 111 Å². The minimum absolute atomic E-state index is 0.310. The van der Waals surface area contributed by atoms with E-state index in [0.29, 0.717) is 17.1 Å². The van der Waals surface area contributed by atoms with Crippen LogP contribution in [0.1, 0.15) is 65.7 Å². The summed E-state index contributed by atoms with van der Waals surface area (Å²) in [5, 5.41) is 0. The predicted molar refractivity (Wildman–Crippen MR) is 76.4 cm³/mol. The summed E-state index contributed by atoms with van der Waals surface area (Å²) < 4.78 is 0. The number of hydrogen-bond acceptors (Lipinski definition) is 1. The van der Waals surface area contributed by atoms with Crippen molar-refractivity contribution < 1.29 is 4.79 Å². The molecule has 2 aliphatic carbocycles. The number of hydrogen-bond donors (Lipinski definition) is 0. The van der Waals surface area contributed by atoms with Crippen molar-refractivity contribution in [2.45, 2.75) is 65.7 Å². The Kier molecular flexibility index (Phi) is 3.79. The van der Waals surface area contributed by atoms with Crippen molar-refractivity contribution in [1.29, 1.82) is 0 Å². The van der Waals surface area contributed by atoms with Gasteiger partial charge in [-0.3, -0.25) is 4.79 Å². The fourth-order valence-electron chi connectivity index (χ4n) is 3.67. The summed E-state index contributed by atoms with van der Waals surface area (Å²) in [4.78, 5) is 12.2. The van der Waals surface area contributed by atoms with Gasteiger partial charge in [-0.2, -0.15) is 0 Å². The van der Waals surface area contributed by atoms with E-state index >= 15 is 0 Å². The summed E-state index contributed by atoms with van der Waals surface area (Å²) >= 11 is 0. The van der Waals surface area contributed by atoms with E-state index in [-0.39, 0.29) is 0 Å². The summed E-state index contributed by atoms with van der Waals surface area (Å²) in [6.45, 7) is 10.8. The molecule has 0 aromatic carbocycles. The van der Waals surface area contributed by atoms with Gasteiger partial charge in [-0.15, -0.1) is 0 Å². The smallest absolute Gasteiger partial charge is 0.158 e. The number of carbonyl (C=O) groups excluding carboxylic acids is 1. The number of allylic oxidation sites excluding steroid dienone is 3. The molecule has 1 fully saturated rings. The van der Waals surface area contributed by atoms with Crippen molar-refractivity contribution in [3.05, 3.63) is 23.3 Å². The van der Waals surface area contributed by atoms with Gasteiger partial charge in [0.25, 0.3) is 0 Å². The van der Waals surface area contributed by atoms with E-state index in [2.05, 4.69) is 27.4 Å². The molecular formula is C17H26O. The molecule has 2 atom stereocenters. The lowest BCUT2D eigenvalue weighted by atomic mass is 9.60. The molecule has 0 saturated heterocycles. The topological polar surface area (TPSA) is 17.1 Å². The van der Waals surface area contributed by atoms with Gasteiger partial charge >= 0.3 is 0 Å². The van der Waals surface area contributed by atoms with Gasteiger partial charge in [-0.25, -0.2) is 0 Å². The van der Waals surface area contributed by atoms with E-state index in [1.54, 1.807) is 0 Å². The highest BCUT2D eigenvalue weighted by Gasteiger charge is 2.41. The minimum atomic E-state index is 0.310. The quantitative estimate of drug-likeness (QED) is 0.652. The van der Waals surface area contributed by atoms with Gasteiger partial charge in [0.05, 0.1) is 0 Å². The molecule has 100 valence electrons. The maximum Gasteiger partial charge on any atom is 0.158 e. The van der Waals surface area contributed by atoms with Crippen molar-refractivity contribution in [3.63, 3.8) is 0 Å². The molecule has 0 aromatic heterocycles. The second kappa shape index (κ2) is 5.03. The SMILES string of the molecule is C=C(C)[C@@H]1CCC2(C)CCC(=O)C(CCC)=C2C1. The third-order valence-electron chi connectivity index (χ3n) is 5.03. The Hall–Kier alpha value is -0.850. The number of ketones is 1. The molecule has 0 aromatic rings. The van der Waals surface area contributed by atoms with E-state index in [4.69, 9.17) is 0 Å². The summed E-state index contributed by atoms with van der Waals surface area (Å²) in [6, 6.07) is 0. The molecule has 18 heavy (non-hydrogen) atoms. The van der Waals surface area contributed by atoms with Crippen LogP contribution >= 0.6 is 0 Å². The summed E-state index contributed by atoms with van der Waals surface area (Å²) in [5.74, 6) is 1.03. The van der Waals surface area contributed by atoms with Crippen molar-refractivity contribution in [1.82, 2.24) is 0 Å². The van der Waals surface area contributed by atoms with Gasteiger partial charge < -0.3 is 0 Å². The molecule has 0 amide bonds. The van der Waals surface area contributed by atoms with E-state index in [0.717, 1.165) is 32.1 Å². The fraction of sp³-hybridized carbons (Fsp3) is 0.706. The van der Waals surface area contributed by atoms with Crippen molar-refractivity contribution in [2.24, 2.45) is 11.3 Å². The van der Waals surface area contributed by atoms with Crippen LogP contribution in [0.15, 0.2) is 23.3 Å². The van der Waals surface area contributed by atoms with Crippen molar-refractivity contribution in [3.8, 4) is 0 Å². The maximum absolute atomic E-state index is 12.2. The standard InChI is InChI=1S/C17H26O/c1-5-6-14-15-11-13(12(2)3)7-9-17(15,4)10-8-16(14)18/h13H,2,5-11H2,1,3-4H3/t13-,17?/m1/s1. The molecule has 0 N–H and O–H groups in total.